The highest BCUT2D eigenvalue weighted by Gasteiger charge is 2.08. The third-order valence-corrected chi connectivity index (χ3v) is 4.24. The number of aromatic amines is 1. The Morgan fingerprint density at radius 1 is 0.962 bits per heavy atom. The van der Waals surface area contributed by atoms with Gasteiger partial charge in [0.25, 0.3) is 0 Å². The normalized spacial score (nSPS) is 11.3. The SMILES string of the molecule is C[N+](C)(C)CCC[n+]1ccc(/C=C/c2c[nH]c3ccccc23)cc1.[Br-].[Br-]. The van der Waals surface area contributed by atoms with E-state index in [0.717, 1.165) is 11.0 Å². The van der Waals surface area contributed by atoms with Crippen LogP contribution in [0.25, 0.3) is 23.1 Å². The van der Waals surface area contributed by atoms with Crippen LogP contribution in [0, 0.1) is 0 Å². The molecular weight excluding hydrogens is 454 g/mol. The second-order valence-electron chi connectivity index (χ2n) is 7.36. The number of hydrogen-bond donors (Lipinski definition) is 1. The fraction of sp³-hybridized carbons (Fsp3) is 0.286. The molecule has 3 rings (SSSR count). The first-order valence-corrected chi connectivity index (χ1v) is 8.55. The summed E-state index contributed by atoms with van der Waals surface area (Å²) in [6, 6.07) is 12.7. The largest absolute Gasteiger partial charge is 1.00 e. The molecule has 1 aromatic carbocycles. The molecule has 2 heterocycles. The quantitative estimate of drug-likeness (QED) is 0.303. The molecule has 0 amide bonds. The Labute approximate surface area is 177 Å². The van der Waals surface area contributed by atoms with Gasteiger partial charge in [0.15, 0.2) is 18.9 Å². The summed E-state index contributed by atoms with van der Waals surface area (Å²) in [7, 11) is 6.72. The number of quaternary nitrogens is 1. The molecule has 0 saturated carbocycles. The van der Waals surface area contributed by atoms with E-state index in [1.807, 2.05) is 0 Å². The number of para-hydroxylation sites is 1. The molecule has 1 N–H and O–H groups in total. The van der Waals surface area contributed by atoms with Crippen LogP contribution in [0.15, 0.2) is 55.0 Å². The second kappa shape index (κ2) is 10.0. The number of benzene rings is 1. The monoisotopic (exact) mass is 479 g/mol. The lowest BCUT2D eigenvalue weighted by molar-refractivity contribution is -0.873. The smallest absolute Gasteiger partial charge is 0.169 e. The summed E-state index contributed by atoms with van der Waals surface area (Å²) in [5.41, 5.74) is 3.63. The summed E-state index contributed by atoms with van der Waals surface area (Å²) in [4.78, 5) is 3.31. The van der Waals surface area contributed by atoms with Gasteiger partial charge in [-0.3, -0.25) is 0 Å². The van der Waals surface area contributed by atoms with Crippen molar-refractivity contribution in [1.82, 2.24) is 4.98 Å². The first-order valence-electron chi connectivity index (χ1n) is 8.55. The van der Waals surface area contributed by atoms with E-state index in [2.05, 4.69) is 97.8 Å². The fourth-order valence-corrected chi connectivity index (χ4v) is 2.87. The fourth-order valence-electron chi connectivity index (χ4n) is 2.87. The lowest BCUT2D eigenvalue weighted by Gasteiger charge is -2.22. The van der Waals surface area contributed by atoms with E-state index in [1.165, 1.54) is 35.0 Å². The van der Waals surface area contributed by atoms with Crippen LogP contribution in [-0.2, 0) is 6.54 Å². The van der Waals surface area contributed by atoms with Crippen LogP contribution in [-0.4, -0.2) is 37.2 Å². The first kappa shape index (κ1) is 22.6. The number of nitrogens with one attached hydrogen (secondary N) is 1. The van der Waals surface area contributed by atoms with Crippen molar-refractivity contribution in [3.8, 4) is 0 Å². The summed E-state index contributed by atoms with van der Waals surface area (Å²) >= 11 is 0. The van der Waals surface area contributed by atoms with Gasteiger partial charge in [-0.1, -0.05) is 30.4 Å². The zero-order chi connectivity index (χ0) is 17.0. The molecule has 0 aliphatic carbocycles. The molecule has 0 atom stereocenters. The Hall–Kier alpha value is -1.43. The number of hydrogen-bond acceptors (Lipinski definition) is 0. The molecule has 0 radical (unpaired) electrons. The van der Waals surface area contributed by atoms with Gasteiger partial charge >= 0.3 is 0 Å². The number of nitrogens with zero attached hydrogens (tertiary/aromatic N) is 2. The predicted octanol–water partition coefficient (Wildman–Crippen LogP) is -2.27. The van der Waals surface area contributed by atoms with Crippen LogP contribution in [0.3, 0.4) is 0 Å². The van der Waals surface area contributed by atoms with Gasteiger partial charge in [-0.2, -0.15) is 0 Å². The summed E-state index contributed by atoms with van der Waals surface area (Å²) < 4.78 is 3.28. The number of rotatable bonds is 6. The molecule has 0 aliphatic heterocycles. The highest BCUT2D eigenvalue weighted by molar-refractivity contribution is 5.91. The summed E-state index contributed by atoms with van der Waals surface area (Å²) in [5, 5.41) is 1.26. The molecular formula is C21H27Br2N3. The Bertz CT molecular complexity index is 830. The van der Waals surface area contributed by atoms with Crippen LogP contribution in [0.1, 0.15) is 17.5 Å². The van der Waals surface area contributed by atoms with E-state index in [-0.39, 0.29) is 34.0 Å². The molecule has 26 heavy (non-hydrogen) atoms. The van der Waals surface area contributed by atoms with Crippen molar-refractivity contribution >= 4 is 23.1 Å². The molecule has 0 aliphatic rings. The van der Waals surface area contributed by atoms with Crippen LogP contribution in [0.4, 0.5) is 0 Å². The van der Waals surface area contributed by atoms with Gasteiger partial charge in [0.05, 0.1) is 34.1 Å². The maximum Gasteiger partial charge on any atom is 0.169 e. The zero-order valence-electron chi connectivity index (χ0n) is 15.6. The van der Waals surface area contributed by atoms with Crippen LogP contribution >= 0.6 is 0 Å². The third-order valence-electron chi connectivity index (χ3n) is 4.24. The Morgan fingerprint density at radius 3 is 2.35 bits per heavy atom. The number of halogens is 2. The molecule has 5 heteroatoms. The zero-order valence-corrected chi connectivity index (χ0v) is 18.8. The minimum Gasteiger partial charge on any atom is -1.00 e. The highest BCUT2D eigenvalue weighted by Crippen LogP contribution is 2.19. The Balaban J connectivity index is 0.00000169. The molecule has 3 nitrogen and oxygen atoms in total. The van der Waals surface area contributed by atoms with Crippen LogP contribution in [0.2, 0.25) is 0 Å². The van der Waals surface area contributed by atoms with Crippen LogP contribution < -0.4 is 38.5 Å². The molecule has 140 valence electrons. The molecule has 0 saturated heterocycles. The van der Waals surface area contributed by atoms with Crippen molar-refractivity contribution in [2.24, 2.45) is 0 Å². The standard InChI is InChI=1S/C21H26N3.2BrH/c1-24(2,3)16-6-13-23-14-11-18(12-15-23)9-10-19-17-22-21-8-5-4-7-20(19)21;;/h4-5,7-12,14-15,17H,6,13,16H2,1-3H3;2*1H/q+1;;/p-1. The topological polar surface area (TPSA) is 19.7 Å². The first-order chi connectivity index (χ1) is 11.5. The number of aromatic nitrogens is 2. The summed E-state index contributed by atoms with van der Waals surface area (Å²) in [5.74, 6) is 0. The van der Waals surface area contributed by atoms with E-state index in [1.54, 1.807) is 0 Å². The highest BCUT2D eigenvalue weighted by atomic mass is 79.9. The van der Waals surface area contributed by atoms with E-state index in [0.29, 0.717) is 0 Å². The molecule has 0 bridgehead atoms. The summed E-state index contributed by atoms with van der Waals surface area (Å²) in [6.45, 7) is 2.26. The van der Waals surface area contributed by atoms with Gasteiger partial charge in [0.2, 0.25) is 0 Å². The minimum absolute atomic E-state index is 0. The molecule has 0 fully saturated rings. The number of aryl methyl sites for hydroxylation is 1. The van der Waals surface area contributed by atoms with E-state index >= 15 is 0 Å². The van der Waals surface area contributed by atoms with Crippen LogP contribution in [0.5, 0.6) is 0 Å². The van der Waals surface area contributed by atoms with E-state index in [9.17, 15) is 0 Å². The average Bonchev–Trinajstić information content (AvgIpc) is 2.96. The molecule has 2 aromatic heterocycles. The Morgan fingerprint density at radius 2 is 1.65 bits per heavy atom. The van der Waals surface area contributed by atoms with Crippen molar-refractivity contribution in [1.29, 1.82) is 0 Å². The molecule has 3 aromatic rings. The summed E-state index contributed by atoms with van der Waals surface area (Å²) in [6.07, 6.45) is 11.9. The van der Waals surface area contributed by atoms with Crippen molar-refractivity contribution in [3.05, 3.63) is 66.1 Å². The number of H-pyrrole nitrogens is 1. The Kier molecular flexibility index (Phi) is 8.74. The number of pyridine rings is 1. The van der Waals surface area contributed by atoms with Crippen molar-refractivity contribution in [3.63, 3.8) is 0 Å². The van der Waals surface area contributed by atoms with Crippen molar-refractivity contribution < 1.29 is 43.0 Å². The minimum atomic E-state index is 0. The third kappa shape index (κ3) is 6.38. The predicted molar refractivity (Wildman–Crippen MR) is 101 cm³/mol. The lowest BCUT2D eigenvalue weighted by atomic mass is 10.1. The van der Waals surface area contributed by atoms with E-state index in [4.69, 9.17) is 0 Å². The second-order valence-corrected chi connectivity index (χ2v) is 7.36. The average molecular weight is 481 g/mol. The van der Waals surface area contributed by atoms with Crippen molar-refractivity contribution in [2.75, 3.05) is 27.7 Å². The lowest BCUT2D eigenvalue weighted by Crippen LogP contribution is -3.00. The maximum atomic E-state index is 3.31. The van der Waals surface area contributed by atoms with Gasteiger partial charge in [0, 0.05) is 29.2 Å². The maximum absolute atomic E-state index is 3.31. The molecule has 0 spiro atoms. The molecule has 0 unspecified atom stereocenters. The van der Waals surface area contributed by atoms with Gasteiger partial charge in [-0.15, -0.1) is 0 Å². The van der Waals surface area contributed by atoms with Gasteiger partial charge < -0.3 is 43.4 Å². The van der Waals surface area contributed by atoms with E-state index < -0.39 is 0 Å². The van der Waals surface area contributed by atoms with Gasteiger partial charge in [0.1, 0.15) is 0 Å². The van der Waals surface area contributed by atoms with Gasteiger partial charge in [-0.05, 0) is 17.2 Å². The number of fused-ring (bicyclic) bond motifs is 1. The van der Waals surface area contributed by atoms with Gasteiger partial charge in [-0.25, -0.2) is 4.57 Å². The van der Waals surface area contributed by atoms with Crippen molar-refractivity contribution in [2.45, 2.75) is 13.0 Å².